The van der Waals surface area contributed by atoms with Crippen LogP contribution < -0.4 is 0 Å². The molecule has 2 aliphatic heterocycles. The standard InChI is InChI=1S/C14H24BrNO2S/c15-11-14(4-8-18-9-5-14)12-19-10-13(17)16-6-2-1-3-7-16/h1-12H2. The van der Waals surface area contributed by atoms with Gasteiger partial charge in [0.15, 0.2) is 0 Å². The Hall–Kier alpha value is 0.260. The van der Waals surface area contributed by atoms with E-state index in [0.29, 0.717) is 17.1 Å². The largest absolute Gasteiger partial charge is 0.381 e. The molecule has 0 saturated carbocycles. The first-order valence-electron chi connectivity index (χ1n) is 7.25. The fourth-order valence-corrected chi connectivity index (χ4v) is 5.01. The molecule has 2 rings (SSSR count). The number of likely N-dealkylation sites (tertiary alicyclic amines) is 1. The Morgan fingerprint density at radius 1 is 1.21 bits per heavy atom. The Balaban J connectivity index is 1.70. The molecule has 2 aliphatic rings. The van der Waals surface area contributed by atoms with Crippen LogP contribution in [0.2, 0.25) is 0 Å². The Morgan fingerprint density at radius 2 is 1.89 bits per heavy atom. The second kappa shape index (κ2) is 7.89. The lowest BCUT2D eigenvalue weighted by molar-refractivity contribution is -0.129. The second-order valence-electron chi connectivity index (χ2n) is 5.68. The van der Waals surface area contributed by atoms with E-state index in [0.717, 1.165) is 50.2 Å². The van der Waals surface area contributed by atoms with E-state index < -0.39 is 0 Å². The second-order valence-corrected chi connectivity index (χ2v) is 7.23. The van der Waals surface area contributed by atoms with Crippen molar-refractivity contribution in [3.8, 4) is 0 Å². The molecule has 1 amide bonds. The molecule has 2 heterocycles. The van der Waals surface area contributed by atoms with Crippen molar-refractivity contribution in [2.75, 3.05) is 43.1 Å². The molecule has 0 aromatic rings. The van der Waals surface area contributed by atoms with Gasteiger partial charge in [0.05, 0.1) is 5.75 Å². The number of amides is 1. The summed E-state index contributed by atoms with van der Waals surface area (Å²) in [5.74, 6) is 2.05. The zero-order valence-electron chi connectivity index (χ0n) is 11.5. The Labute approximate surface area is 128 Å². The van der Waals surface area contributed by atoms with Gasteiger partial charge in [0.25, 0.3) is 0 Å². The maximum atomic E-state index is 12.1. The van der Waals surface area contributed by atoms with Crippen molar-refractivity contribution in [1.82, 2.24) is 4.90 Å². The van der Waals surface area contributed by atoms with Gasteiger partial charge in [-0.1, -0.05) is 15.9 Å². The Morgan fingerprint density at radius 3 is 2.53 bits per heavy atom. The van der Waals surface area contributed by atoms with Gasteiger partial charge in [-0.2, -0.15) is 11.8 Å². The van der Waals surface area contributed by atoms with Crippen LogP contribution in [-0.4, -0.2) is 53.9 Å². The summed E-state index contributed by atoms with van der Waals surface area (Å²) in [6, 6.07) is 0. The number of hydrogen-bond donors (Lipinski definition) is 0. The Bertz CT molecular complexity index is 289. The number of piperidine rings is 1. The topological polar surface area (TPSA) is 29.5 Å². The average molecular weight is 350 g/mol. The third-order valence-electron chi connectivity index (χ3n) is 4.18. The fraction of sp³-hybridized carbons (Fsp3) is 0.929. The summed E-state index contributed by atoms with van der Waals surface area (Å²) in [6.45, 7) is 3.67. The van der Waals surface area contributed by atoms with Crippen molar-refractivity contribution in [2.45, 2.75) is 32.1 Å². The van der Waals surface area contributed by atoms with Crippen molar-refractivity contribution < 1.29 is 9.53 Å². The van der Waals surface area contributed by atoms with Gasteiger partial charge in [-0.05, 0) is 37.5 Å². The molecule has 0 spiro atoms. The quantitative estimate of drug-likeness (QED) is 0.714. The first kappa shape index (κ1) is 15.6. The van der Waals surface area contributed by atoms with E-state index in [4.69, 9.17) is 4.74 Å². The minimum absolute atomic E-state index is 0.335. The first-order valence-corrected chi connectivity index (χ1v) is 9.53. The predicted octanol–water partition coefficient (Wildman–Crippen LogP) is 2.92. The van der Waals surface area contributed by atoms with Gasteiger partial charge in [-0.3, -0.25) is 4.79 Å². The number of thioether (sulfide) groups is 1. The van der Waals surface area contributed by atoms with Crippen LogP contribution in [-0.2, 0) is 9.53 Å². The smallest absolute Gasteiger partial charge is 0.232 e. The number of carbonyl (C=O) groups is 1. The normalized spacial score (nSPS) is 23.3. The van der Waals surface area contributed by atoms with Crippen molar-refractivity contribution in [1.29, 1.82) is 0 Å². The molecule has 0 radical (unpaired) electrons. The molecule has 0 aromatic carbocycles. The first-order chi connectivity index (χ1) is 9.26. The highest BCUT2D eigenvalue weighted by atomic mass is 79.9. The number of ether oxygens (including phenoxy) is 1. The maximum absolute atomic E-state index is 12.1. The molecular weight excluding hydrogens is 326 g/mol. The van der Waals surface area contributed by atoms with Gasteiger partial charge in [-0.25, -0.2) is 0 Å². The molecule has 0 aromatic heterocycles. The number of rotatable bonds is 5. The molecule has 0 N–H and O–H groups in total. The van der Waals surface area contributed by atoms with E-state index >= 15 is 0 Å². The van der Waals surface area contributed by atoms with Gasteiger partial charge in [0.2, 0.25) is 5.91 Å². The van der Waals surface area contributed by atoms with Crippen LogP contribution in [0.15, 0.2) is 0 Å². The highest BCUT2D eigenvalue weighted by Crippen LogP contribution is 2.35. The third-order valence-corrected chi connectivity index (χ3v) is 6.64. The van der Waals surface area contributed by atoms with Crippen molar-refractivity contribution >= 4 is 33.6 Å². The zero-order valence-corrected chi connectivity index (χ0v) is 13.9. The van der Waals surface area contributed by atoms with Crippen molar-refractivity contribution in [3.63, 3.8) is 0 Å². The third kappa shape index (κ3) is 4.64. The van der Waals surface area contributed by atoms with Gasteiger partial charge in [-0.15, -0.1) is 0 Å². The highest BCUT2D eigenvalue weighted by Gasteiger charge is 2.31. The van der Waals surface area contributed by atoms with E-state index in [-0.39, 0.29) is 0 Å². The summed E-state index contributed by atoms with van der Waals surface area (Å²) in [5, 5.41) is 1.02. The molecule has 110 valence electrons. The summed E-state index contributed by atoms with van der Waals surface area (Å²) in [5.41, 5.74) is 0.338. The van der Waals surface area contributed by atoms with Crippen LogP contribution in [0.3, 0.4) is 0 Å². The van der Waals surface area contributed by atoms with Crippen LogP contribution in [0.1, 0.15) is 32.1 Å². The fourth-order valence-electron chi connectivity index (χ4n) is 2.71. The summed E-state index contributed by atoms with van der Waals surface area (Å²) in [4.78, 5) is 14.1. The van der Waals surface area contributed by atoms with E-state index in [1.807, 2.05) is 16.7 Å². The molecule has 0 unspecified atom stereocenters. The molecule has 3 nitrogen and oxygen atoms in total. The summed E-state index contributed by atoms with van der Waals surface area (Å²) in [6.07, 6.45) is 5.87. The molecule has 2 fully saturated rings. The monoisotopic (exact) mass is 349 g/mol. The van der Waals surface area contributed by atoms with Crippen molar-refractivity contribution in [2.24, 2.45) is 5.41 Å². The molecule has 0 bridgehead atoms. The van der Waals surface area contributed by atoms with Crippen LogP contribution >= 0.6 is 27.7 Å². The van der Waals surface area contributed by atoms with Gasteiger partial charge < -0.3 is 9.64 Å². The Kier molecular flexibility index (Phi) is 6.50. The van der Waals surface area contributed by atoms with Crippen molar-refractivity contribution in [3.05, 3.63) is 0 Å². The molecule has 0 atom stereocenters. The lowest BCUT2D eigenvalue weighted by Crippen LogP contribution is -2.38. The highest BCUT2D eigenvalue weighted by molar-refractivity contribution is 9.09. The average Bonchev–Trinajstić information content (AvgIpc) is 2.49. The van der Waals surface area contributed by atoms with Gasteiger partial charge in [0, 0.05) is 37.4 Å². The lowest BCUT2D eigenvalue weighted by Gasteiger charge is -2.35. The van der Waals surface area contributed by atoms with E-state index in [2.05, 4.69) is 15.9 Å². The minimum Gasteiger partial charge on any atom is -0.381 e. The number of hydrogen-bond acceptors (Lipinski definition) is 3. The molecule has 0 aliphatic carbocycles. The van der Waals surface area contributed by atoms with E-state index in [9.17, 15) is 4.79 Å². The predicted molar refractivity (Wildman–Crippen MR) is 84.0 cm³/mol. The van der Waals surface area contributed by atoms with E-state index in [1.165, 1.54) is 19.3 Å². The van der Waals surface area contributed by atoms with Crippen LogP contribution in [0.25, 0.3) is 0 Å². The van der Waals surface area contributed by atoms with Crippen LogP contribution in [0.4, 0.5) is 0 Å². The van der Waals surface area contributed by atoms with Crippen LogP contribution in [0.5, 0.6) is 0 Å². The summed E-state index contributed by atoms with van der Waals surface area (Å²) in [7, 11) is 0. The minimum atomic E-state index is 0.335. The van der Waals surface area contributed by atoms with E-state index in [1.54, 1.807) is 0 Å². The maximum Gasteiger partial charge on any atom is 0.232 e. The van der Waals surface area contributed by atoms with Gasteiger partial charge >= 0.3 is 0 Å². The number of alkyl halides is 1. The SMILES string of the molecule is O=C(CSCC1(CBr)CCOCC1)N1CCCCC1. The molecule has 5 heteroatoms. The summed E-state index contributed by atoms with van der Waals surface area (Å²) < 4.78 is 5.44. The number of nitrogens with zero attached hydrogens (tertiary/aromatic N) is 1. The molecule has 19 heavy (non-hydrogen) atoms. The van der Waals surface area contributed by atoms with Gasteiger partial charge in [0.1, 0.15) is 0 Å². The summed E-state index contributed by atoms with van der Waals surface area (Å²) >= 11 is 5.46. The lowest BCUT2D eigenvalue weighted by atomic mass is 9.85. The zero-order chi connectivity index (χ0) is 13.6. The molecular formula is C14H24BrNO2S. The number of carbonyl (C=O) groups excluding carboxylic acids is 1. The molecule has 2 saturated heterocycles. The van der Waals surface area contributed by atoms with Crippen LogP contribution in [0, 0.1) is 5.41 Å². The number of halogens is 1.